The Bertz CT molecular complexity index is 1050. The summed E-state index contributed by atoms with van der Waals surface area (Å²) in [4.78, 5) is 15.3. The van der Waals surface area contributed by atoms with Gasteiger partial charge in [-0.15, -0.1) is 0 Å². The second-order valence-corrected chi connectivity index (χ2v) is 8.19. The molecule has 1 N–H and O–H groups in total. The number of rotatable bonds is 5. The van der Waals surface area contributed by atoms with Gasteiger partial charge in [-0.1, -0.05) is 48.5 Å². The van der Waals surface area contributed by atoms with Crippen LogP contribution >= 0.6 is 0 Å². The first kappa shape index (κ1) is 19.6. The van der Waals surface area contributed by atoms with Crippen LogP contribution < -0.4 is 14.8 Å². The Hall–Kier alpha value is -3.31. The molecule has 5 nitrogen and oxygen atoms in total. The van der Waals surface area contributed by atoms with Gasteiger partial charge in [0.05, 0.1) is 5.92 Å². The average molecular weight is 415 g/mol. The molecule has 2 aliphatic rings. The molecule has 2 heterocycles. The lowest BCUT2D eigenvalue weighted by Crippen LogP contribution is -2.40. The molecule has 1 amide bonds. The van der Waals surface area contributed by atoms with E-state index in [4.69, 9.17) is 9.47 Å². The number of likely N-dealkylation sites (tertiary alicyclic amines) is 1. The maximum absolute atomic E-state index is 12.9. The summed E-state index contributed by atoms with van der Waals surface area (Å²) in [5, 5.41) is 3.11. The van der Waals surface area contributed by atoms with E-state index >= 15 is 0 Å². The summed E-state index contributed by atoms with van der Waals surface area (Å²) in [5.41, 5.74) is 4.34. The molecule has 158 valence electrons. The third-order valence-electron chi connectivity index (χ3n) is 5.98. The fourth-order valence-electron chi connectivity index (χ4n) is 4.33. The van der Waals surface area contributed by atoms with Crippen molar-refractivity contribution in [3.63, 3.8) is 0 Å². The van der Waals surface area contributed by atoms with Crippen LogP contribution in [0.3, 0.4) is 0 Å². The number of hydrogen-bond donors (Lipinski definition) is 1. The predicted molar refractivity (Wildman–Crippen MR) is 121 cm³/mol. The Morgan fingerprint density at radius 3 is 2.55 bits per heavy atom. The van der Waals surface area contributed by atoms with Crippen molar-refractivity contribution < 1.29 is 14.3 Å². The van der Waals surface area contributed by atoms with Gasteiger partial charge in [0.15, 0.2) is 11.5 Å². The van der Waals surface area contributed by atoms with Crippen molar-refractivity contribution in [2.45, 2.75) is 19.4 Å². The quantitative estimate of drug-likeness (QED) is 0.643. The van der Waals surface area contributed by atoms with Crippen molar-refractivity contribution in [1.82, 2.24) is 4.90 Å². The number of carbonyl (C=O) groups excluding carboxylic acids is 1. The number of anilines is 1. The third-order valence-corrected chi connectivity index (χ3v) is 5.98. The molecule has 1 saturated heterocycles. The topological polar surface area (TPSA) is 50.8 Å². The van der Waals surface area contributed by atoms with Crippen LogP contribution in [-0.2, 0) is 11.3 Å². The van der Waals surface area contributed by atoms with Crippen molar-refractivity contribution in [1.29, 1.82) is 0 Å². The van der Waals surface area contributed by atoms with Gasteiger partial charge in [-0.3, -0.25) is 9.69 Å². The Morgan fingerprint density at radius 1 is 0.935 bits per heavy atom. The maximum Gasteiger partial charge on any atom is 0.231 e. The second kappa shape index (κ2) is 8.82. The number of hydrogen-bond acceptors (Lipinski definition) is 4. The van der Waals surface area contributed by atoms with Crippen LogP contribution in [-0.4, -0.2) is 30.7 Å². The van der Waals surface area contributed by atoms with Gasteiger partial charge in [-0.05, 0) is 60.3 Å². The lowest BCUT2D eigenvalue weighted by atomic mass is 9.96. The highest BCUT2D eigenvalue weighted by Gasteiger charge is 2.26. The first-order valence-electron chi connectivity index (χ1n) is 10.8. The molecule has 5 heteroatoms. The zero-order valence-electron chi connectivity index (χ0n) is 17.4. The first-order chi connectivity index (χ1) is 15.2. The van der Waals surface area contributed by atoms with E-state index in [1.54, 1.807) is 0 Å². The molecule has 0 aliphatic carbocycles. The molecule has 31 heavy (non-hydrogen) atoms. The minimum Gasteiger partial charge on any atom is -0.454 e. The molecule has 0 spiro atoms. The minimum atomic E-state index is -0.00318. The number of amides is 1. The summed E-state index contributed by atoms with van der Waals surface area (Å²) in [6.07, 6.45) is 1.95. The Balaban J connectivity index is 1.19. The molecule has 1 unspecified atom stereocenters. The van der Waals surface area contributed by atoms with E-state index in [-0.39, 0.29) is 18.6 Å². The van der Waals surface area contributed by atoms with Crippen molar-refractivity contribution in [2.24, 2.45) is 5.92 Å². The molecule has 0 bridgehead atoms. The first-order valence-corrected chi connectivity index (χ1v) is 10.8. The van der Waals surface area contributed by atoms with Crippen LogP contribution in [0.15, 0.2) is 72.8 Å². The predicted octanol–water partition coefficient (Wildman–Crippen LogP) is 4.93. The molecule has 2 aliphatic heterocycles. The lowest BCUT2D eigenvalue weighted by molar-refractivity contribution is -0.121. The maximum atomic E-state index is 12.9. The van der Waals surface area contributed by atoms with Crippen LogP contribution in [0.2, 0.25) is 0 Å². The van der Waals surface area contributed by atoms with Crippen molar-refractivity contribution in [3.05, 3.63) is 78.4 Å². The van der Waals surface area contributed by atoms with Crippen LogP contribution in [0.4, 0.5) is 5.69 Å². The molecule has 3 aromatic carbocycles. The summed E-state index contributed by atoms with van der Waals surface area (Å²) in [6, 6.07) is 24.4. The average Bonchev–Trinajstić information content (AvgIpc) is 3.28. The molecule has 0 aromatic heterocycles. The zero-order valence-corrected chi connectivity index (χ0v) is 17.4. The summed E-state index contributed by atoms with van der Waals surface area (Å²) >= 11 is 0. The van der Waals surface area contributed by atoms with Crippen LogP contribution in [0.1, 0.15) is 18.4 Å². The molecule has 3 aromatic rings. The highest BCUT2D eigenvalue weighted by atomic mass is 16.7. The van der Waals surface area contributed by atoms with Crippen LogP contribution in [0, 0.1) is 5.92 Å². The van der Waals surface area contributed by atoms with Gasteiger partial charge in [-0.2, -0.15) is 0 Å². The number of carbonyl (C=O) groups is 1. The third kappa shape index (κ3) is 4.57. The van der Waals surface area contributed by atoms with E-state index in [9.17, 15) is 4.79 Å². The van der Waals surface area contributed by atoms with E-state index in [0.29, 0.717) is 0 Å². The van der Waals surface area contributed by atoms with Crippen molar-refractivity contribution in [2.75, 3.05) is 25.2 Å². The summed E-state index contributed by atoms with van der Waals surface area (Å²) in [7, 11) is 0. The Morgan fingerprint density at radius 2 is 1.71 bits per heavy atom. The van der Waals surface area contributed by atoms with Gasteiger partial charge in [-0.25, -0.2) is 0 Å². The normalized spacial score (nSPS) is 18.0. The lowest BCUT2D eigenvalue weighted by Gasteiger charge is -2.32. The van der Waals surface area contributed by atoms with Gasteiger partial charge in [0, 0.05) is 18.8 Å². The number of fused-ring (bicyclic) bond motifs is 1. The SMILES string of the molecule is O=C(Nc1ccc(-c2ccccc2)cc1)C1CCCN(Cc2ccc3c(c2)OCO3)C1. The molecule has 5 rings (SSSR count). The van der Waals surface area contributed by atoms with Crippen LogP contribution in [0.5, 0.6) is 11.5 Å². The van der Waals surface area contributed by atoms with Gasteiger partial charge in [0.2, 0.25) is 12.7 Å². The summed E-state index contributed by atoms with van der Waals surface area (Å²) < 4.78 is 10.9. The van der Waals surface area contributed by atoms with Gasteiger partial charge >= 0.3 is 0 Å². The fourth-order valence-corrected chi connectivity index (χ4v) is 4.33. The highest BCUT2D eigenvalue weighted by Crippen LogP contribution is 2.33. The number of nitrogens with one attached hydrogen (secondary N) is 1. The fraction of sp³-hybridized carbons (Fsp3) is 0.269. The molecule has 1 atom stereocenters. The molecular formula is C26H26N2O3. The minimum absolute atomic E-state index is 0.00318. The molecular weight excluding hydrogens is 388 g/mol. The molecule has 0 saturated carbocycles. The van der Waals surface area contributed by atoms with Crippen molar-refractivity contribution in [3.8, 4) is 22.6 Å². The standard InChI is InChI=1S/C26H26N2O3/c29-26(27-23-11-9-21(10-12-23)20-5-2-1-3-6-20)22-7-4-14-28(17-22)16-19-8-13-24-25(15-19)31-18-30-24/h1-3,5-6,8-13,15,22H,4,7,14,16-18H2,(H,27,29). The van der Waals surface area contributed by atoms with Crippen LogP contribution in [0.25, 0.3) is 11.1 Å². The van der Waals surface area contributed by atoms with Gasteiger partial charge in [0.1, 0.15) is 0 Å². The smallest absolute Gasteiger partial charge is 0.231 e. The van der Waals surface area contributed by atoms with Gasteiger partial charge < -0.3 is 14.8 Å². The number of ether oxygens (including phenoxy) is 2. The van der Waals surface area contributed by atoms with E-state index in [0.717, 1.165) is 55.2 Å². The van der Waals surface area contributed by atoms with Crippen molar-refractivity contribution >= 4 is 11.6 Å². The van der Waals surface area contributed by atoms with E-state index in [1.165, 1.54) is 11.1 Å². The zero-order chi connectivity index (χ0) is 21.0. The Labute approximate surface area is 182 Å². The Kier molecular flexibility index (Phi) is 5.59. The summed E-state index contributed by atoms with van der Waals surface area (Å²) in [6.45, 7) is 2.87. The van der Waals surface area contributed by atoms with E-state index in [1.807, 2.05) is 42.5 Å². The summed E-state index contributed by atoms with van der Waals surface area (Å²) in [5.74, 6) is 1.71. The van der Waals surface area contributed by atoms with E-state index in [2.05, 4.69) is 40.5 Å². The number of nitrogens with zero attached hydrogens (tertiary/aromatic N) is 1. The highest BCUT2D eigenvalue weighted by molar-refractivity contribution is 5.93. The molecule has 0 radical (unpaired) electrons. The number of benzene rings is 3. The monoisotopic (exact) mass is 414 g/mol. The van der Waals surface area contributed by atoms with Gasteiger partial charge in [0.25, 0.3) is 0 Å². The van der Waals surface area contributed by atoms with E-state index < -0.39 is 0 Å². The second-order valence-electron chi connectivity index (χ2n) is 8.19. The number of piperidine rings is 1. The molecule has 1 fully saturated rings. The largest absolute Gasteiger partial charge is 0.454 e.